The second kappa shape index (κ2) is 7.47. The number of rotatable bonds is 6. The number of hydrogen-bond donors (Lipinski definition) is 2. The second-order valence-corrected chi connectivity index (χ2v) is 7.51. The Balaban J connectivity index is 1.52. The lowest BCUT2D eigenvalue weighted by atomic mass is 9.81. The van der Waals surface area contributed by atoms with Gasteiger partial charge in [0.2, 0.25) is 11.8 Å². The van der Waals surface area contributed by atoms with Gasteiger partial charge in [0.05, 0.1) is 0 Å². The number of hydrogen-bond acceptors (Lipinski definition) is 2. The molecule has 0 heterocycles. The highest BCUT2D eigenvalue weighted by atomic mass is 16.2. The minimum absolute atomic E-state index is 0.137. The Morgan fingerprint density at radius 3 is 1.91 bits per heavy atom. The maximum Gasteiger partial charge on any atom is 0.223 e. The summed E-state index contributed by atoms with van der Waals surface area (Å²) in [6.45, 7) is 0.623. The molecule has 0 aromatic heterocycles. The number of carbonyl (C=O) groups excluding carboxylic acids is 2. The van der Waals surface area contributed by atoms with E-state index in [9.17, 15) is 9.59 Å². The highest BCUT2D eigenvalue weighted by molar-refractivity contribution is 5.80. The molecule has 2 N–H and O–H groups in total. The highest BCUT2D eigenvalue weighted by Crippen LogP contribution is 2.30. The van der Waals surface area contributed by atoms with Crippen LogP contribution in [0.4, 0.5) is 0 Å². The molecule has 0 spiro atoms. The molecule has 22 heavy (non-hydrogen) atoms. The van der Waals surface area contributed by atoms with Crippen LogP contribution in [0, 0.1) is 17.8 Å². The van der Waals surface area contributed by atoms with Gasteiger partial charge in [-0.25, -0.2) is 0 Å². The number of nitrogens with one attached hydrogen (secondary N) is 2. The summed E-state index contributed by atoms with van der Waals surface area (Å²) in [4.78, 5) is 24.4. The van der Waals surface area contributed by atoms with Crippen LogP contribution in [0.2, 0.25) is 0 Å². The fraction of sp³-hybridized carbons (Fsp3) is 0.889. The minimum Gasteiger partial charge on any atom is -0.354 e. The Morgan fingerprint density at radius 1 is 0.773 bits per heavy atom. The lowest BCUT2D eigenvalue weighted by molar-refractivity contribution is -0.130. The Kier molecular flexibility index (Phi) is 5.37. The SMILES string of the molecule is O=C(NCC(NC(=O)C1CCC1)C1CCCCC1)C1CCC1. The molecule has 3 rings (SSSR count). The Hall–Kier alpha value is -1.06. The smallest absolute Gasteiger partial charge is 0.223 e. The van der Waals surface area contributed by atoms with E-state index in [1.54, 1.807) is 0 Å². The Morgan fingerprint density at radius 2 is 1.36 bits per heavy atom. The lowest BCUT2D eigenvalue weighted by Gasteiger charge is -2.34. The Labute approximate surface area is 133 Å². The van der Waals surface area contributed by atoms with Crippen molar-refractivity contribution in [2.45, 2.75) is 76.7 Å². The summed E-state index contributed by atoms with van der Waals surface area (Å²) in [5, 5.41) is 6.37. The van der Waals surface area contributed by atoms with Crippen molar-refractivity contribution in [2.24, 2.45) is 17.8 Å². The molecule has 0 aromatic rings. The third-order valence-corrected chi connectivity index (χ3v) is 5.99. The molecule has 0 radical (unpaired) electrons. The van der Waals surface area contributed by atoms with Gasteiger partial charge in [-0.1, -0.05) is 32.1 Å². The fourth-order valence-electron chi connectivity index (χ4n) is 3.87. The van der Waals surface area contributed by atoms with Crippen molar-refractivity contribution in [2.75, 3.05) is 6.54 Å². The highest BCUT2D eigenvalue weighted by Gasteiger charge is 2.32. The summed E-state index contributed by atoms with van der Waals surface area (Å²) in [5.74, 6) is 1.42. The lowest BCUT2D eigenvalue weighted by Crippen LogP contribution is -2.51. The first kappa shape index (κ1) is 15.8. The predicted octanol–water partition coefficient (Wildman–Crippen LogP) is 2.77. The molecule has 3 aliphatic rings. The van der Waals surface area contributed by atoms with Crippen LogP contribution in [-0.2, 0) is 9.59 Å². The van der Waals surface area contributed by atoms with E-state index >= 15 is 0 Å². The summed E-state index contributed by atoms with van der Waals surface area (Å²) in [7, 11) is 0. The standard InChI is InChI=1S/C18H30N2O2/c21-17(14-8-4-9-14)19-12-16(13-6-2-1-3-7-13)20-18(22)15-10-5-11-15/h13-16H,1-12H2,(H,19,21)(H,20,22). The van der Waals surface area contributed by atoms with Crippen LogP contribution in [-0.4, -0.2) is 24.4 Å². The van der Waals surface area contributed by atoms with E-state index in [1.165, 1.54) is 44.9 Å². The van der Waals surface area contributed by atoms with Gasteiger partial charge in [0.15, 0.2) is 0 Å². The molecular weight excluding hydrogens is 276 g/mol. The van der Waals surface area contributed by atoms with Gasteiger partial charge in [-0.2, -0.15) is 0 Å². The van der Waals surface area contributed by atoms with E-state index in [0.29, 0.717) is 12.5 Å². The van der Waals surface area contributed by atoms with Gasteiger partial charge in [-0.3, -0.25) is 9.59 Å². The Bertz CT molecular complexity index is 396. The van der Waals surface area contributed by atoms with Crippen LogP contribution >= 0.6 is 0 Å². The second-order valence-electron chi connectivity index (χ2n) is 7.51. The van der Waals surface area contributed by atoms with Gasteiger partial charge in [0.1, 0.15) is 0 Å². The van der Waals surface area contributed by atoms with Crippen LogP contribution in [0.3, 0.4) is 0 Å². The molecular formula is C18H30N2O2. The average molecular weight is 306 g/mol. The van der Waals surface area contributed by atoms with Crippen molar-refractivity contribution >= 4 is 11.8 Å². The molecule has 0 aromatic carbocycles. The van der Waals surface area contributed by atoms with Crippen molar-refractivity contribution in [3.8, 4) is 0 Å². The van der Waals surface area contributed by atoms with Crippen LogP contribution in [0.5, 0.6) is 0 Å². The van der Waals surface area contributed by atoms with E-state index in [4.69, 9.17) is 0 Å². The summed E-state index contributed by atoms with van der Waals surface area (Å²) in [6, 6.07) is 0.137. The molecule has 1 atom stereocenters. The molecule has 3 aliphatic carbocycles. The molecule has 124 valence electrons. The summed E-state index contributed by atoms with van der Waals surface area (Å²) < 4.78 is 0. The minimum atomic E-state index is 0.137. The monoisotopic (exact) mass is 306 g/mol. The summed E-state index contributed by atoms with van der Waals surface area (Å²) in [5.41, 5.74) is 0. The van der Waals surface area contributed by atoms with E-state index in [0.717, 1.165) is 25.7 Å². The number of carbonyl (C=O) groups is 2. The van der Waals surface area contributed by atoms with Gasteiger partial charge < -0.3 is 10.6 Å². The molecule has 0 bridgehead atoms. The quantitative estimate of drug-likeness (QED) is 0.793. The van der Waals surface area contributed by atoms with Crippen LogP contribution < -0.4 is 10.6 Å². The maximum atomic E-state index is 12.3. The molecule has 0 saturated heterocycles. The first-order valence-corrected chi connectivity index (χ1v) is 9.32. The molecule has 0 aliphatic heterocycles. The van der Waals surface area contributed by atoms with E-state index < -0.39 is 0 Å². The van der Waals surface area contributed by atoms with Gasteiger partial charge in [0.25, 0.3) is 0 Å². The van der Waals surface area contributed by atoms with E-state index in [2.05, 4.69) is 10.6 Å². The first-order chi connectivity index (χ1) is 10.7. The van der Waals surface area contributed by atoms with Crippen molar-refractivity contribution in [1.82, 2.24) is 10.6 Å². The van der Waals surface area contributed by atoms with E-state index in [1.807, 2.05) is 0 Å². The largest absolute Gasteiger partial charge is 0.354 e. The fourth-order valence-corrected chi connectivity index (χ4v) is 3.87. The van der Waals surface area contributed by atoms with Crippen LogP contribution in [0.25, 0.3) is 0 Å². The van der Waals surface area contributed by atoms with Crippen molar-refractivity contribution in [3.05, 3.63) is 0 Å². The van der Waals surface area contributed by atoms with Crippen molar-refractivity contribution < 1.29 is 9.59 Å². The molecule has 4 heteroatoms. The van der Waals surface area contributed by atoms with Crippen molar-refractivity contribution in [1.29, 1.82) is 0 Å². The predicted molar refractivity (Wildman–Crippen MR) is 86.2 cm³/mol. The van der Waals surface area contributed by atoms with Crippen molar-refractivity contribution in [3.63, 3.8) is 0 Å². The van der Waals surface area contributed by atoms with Crippen LogP contribution in [0.15, 0.2) is 0 Å². The average Bonchev–Trinajstić information content (AvgIpc) is 2.40. The first-order valence-electron chi connectivity index (χ1n) is 9.32. The molecule has 3 fully saturated rings. The maximum absolute atomic E-state index is 12.3. The summed E-state index contributed by atoms with van der Waals surface area (Å²) >= 11 is 0. The zero-order valence-corrected chi connectivity index (χ0v) is 13.6. The summed E-state index contributed by atoms with van der Waals surface area (Å²) in [6.07, 6.45) is 12.7. The normalized spacial score (nSPS) is 24.9. The van der Waals surface area contributed by atoms with Gasteiger partial charge in [-0.05, 0) is 44.4 Å². The zero-order chi connectivity index (χ0) is 15.4. The van der Waals surface area contributed by atoms with Crippen LogP contribution in [0.1, 0.15) is 70.6 Å². The van der Waals surface area contributed by atoms with Gasteiger partial charge in [0, 0.05) is 24.4 Å². The molecule has 1 unspecified atom stereocenters. The molecule has 4 nitrogen and oxygen atoms in total. The topological polar surface area (TPSA) is 58.2 Å². The number of amides is 2. The van der Waals surface area contributed by atoms with Gasteiger partial charge in [-0.15, -0.1) is 0 Å². The third kappa shape index (κ3) is 3.82. The third-order valence-electron chi connectivity index (χ3n) is 5.99. The molecule has 3 saturated carbocycles. The molecule has 2 amide bonds. The van der Waals surface area contributed by atoms with Gasteiger partial charge >= 0.3 is 0 Å². The zero-order valence-electron chi connectivity index (χ0n) is 13.6. The van der Waals surface area contributed by atoms with E-state index in [-0.39, 0.29) is 29.7 Å².